The fraction of sp³-hybridized carbons (Fsp3) is 0.619. The molecule has 2 fully saturated rings. The third-order valence-corrected chi connectivity index (χ3v) is 5.52. The molecule has 1 aliphatic carbocycles. The summed E-state index contributed by atoms with van der Waals surface area (Å²) in [4.78, 5) is 22.8. The number of piperazine rings is 1. The number of carbonyl (C=O) groups is 1. The average Bonchev–Trinajstić information content (AvgIpc) is 3.18. The van der Waals surface area contributed by atoms with Crippen molar-refractivity contribution in [2.24, 2.45) is 4.99 Å². The van der Waals surface area contributed by atoms with Crippen molar-refractivity contribution in [3.8, 4) is 0 Å². The van der Waals surface area contributed by atoms with Gasteiger partial charge in [0.1, 0.15) is 12.4 Å². The minimum absolute atomic E-state index is 0. The van der Waals surface area contributed by atoms with Gasteiger partial charge in [-0.1, -0.05) is 25.0 Å². The maximum Gasteiger partial charge on any atom is 0.243 e. The minimum Gasteiger partial charge on any atom is -0.353 e. The fourth-order valence-electron chi connectivity index (χ4n) is 3.78. The SMILES string of the molecule is CN(C)C(=O)CN=C(NC1CCCC1)N1CCN(Cc2cccc(F)c2)CC1.I. The van der Waals surface area contributed by atoms with Gasteiger partial charge in [-0.05, 0) is 30.5 Å². The van der Waals surface area contributed by atoms with E-state index >= 15 is 0 Å². The summed E-state index contributed by atoms with van der Waals surface area (Å²) in [6.07, 6.45) is 4.84. The molecule has 1 aromatic rings. The Kier molecular flexibility index (Phi) is 9.61. The van der Waals surface area contributed by atoms with Gasteiger partial charge < -0.3 is 15.1 Å². The number of amides is 1. The van der Waals surface area contributed by atoms with E-state index in [0.717, 1.165) is 44.2 Å². The Morgan fingerprint density at radius 3 is 2.52 bits per heavy atom. The van der Waals surface area contributed by atoms with E-state index in [1.165, 1.54) is 31.7 Å². The number of carbonyl (C=O) groups excluding carboxylic acids is 1. The van der Waals surface area contributed by atoms with Gasteiger partial charge in [-0.3, -0.25) is 9.69 Å². The van der Waals surface area contributed by atoms with E-state index in [2.05, 4.69) is 20.1 Å². The normalized spacial score (nSPS) is 18.4. The Balaban J connectivity index is 0.00000300. The molecule has 2 aliphatic rings. The molecular formula is C21H33FIN5O. The van der Waals surface area contributed by atoms with Crippen molar-refractivity contribution >= 4 is 35.8 Å². The second-order valence-electron chi connectivity index (χ2n) is 7.95. The van der Waals surface area contributed by atoms with Crippen LogP contribution < -0.4 is 5.32 Å². The summed E-state index contributed by atoms with van der Waals surface area (Å²) in [6.45, 7) is 4.42. The third kappa shape index (κ3) is 7.40. The van der Waals surface area contributed by atoms with Gasteiger partial charge in [0.05, 0.1) is 0 Å². The fourth-order valence-corrected chi connectivity index (χ4v) is 3.78. The van der Waals surface area contributed by atoms with Gasteiger partial charge in [0.15, 0.2) is 5.96 Å². The highest BCUT2D eigenvalue weighted by Crippen LogP contribution is 2.18. The van der Waals surface area contributed by atoms with E-state index in [1.807, 2.05) is 6.07 Å². The molecule has 1 saturated heterocycles. The molecule has 1 N–H and O–H groups in total. The second-order valence-corrected chi connectivity index (χ2v) is 7.95. The van der Waals surface area contributed by atoms with Crippen LogP contribution in [-0.4, -0.2) is 79.4 Å². The van der Waals surface area contributed by atoms with Crippen molar-refractivity contribution in [3.63, 3.8) is 0 Å². The van der Waals surface area contributed by atoms with Crippen molar-refractivity contribution in [1.29, 1.82) is 0 Å². The van der Waals surface area contributed by atoms with Crippen molar-refractivity contribution in [1.82, 2.24) is 20.0 Å². The van der Waals surface area contributed by atoms with Crippen LogP contribution in [0.5, 0.6) is 0 Å². The van der Waals surface area contributed by atoms with E-state index in [-0.39, 0.29) is 42.2 Å². The molecule has 1 saturated carbocycles. The van der Waals surface area contributed by atoms with E-state index in [9.17, 15) is 9.18 Å². The summed E-state index contributed by atoms with van der Waals surface area (Å²) >= 11 is 0. The van der Waals surface area contributed by atoms with E-state index in [4.69, 9.17) is 0 Å². The summed E-state index contributed by atoms with van der Waals surface area (Å²) in [5.41, 5.74) is 1.00. The maximum absolute atomic E-state index is 13.4. The summed E-state index contributed by atoms with van der Waals surface area (Å²) in [6, 6.07) is 7.27. The van der Waals surface area contributed by atoms with Crippen molar-refractivity contribution in [2.75, 3.05) is 46.8 Å². The smallest absolute Gasteiger partial charge is 0.243 e. The molecule has 1 aromatic carbocycles. The lowest BCUT2D eigenvalue weighted by Crippen LogP contribution is -2.54. The number of halogens is 2. The van der Waals surface area contributed by atoms with Gasteiger partial charge >= 0.3 is 0 Å². The monoisotopic (exact) mass is 517 g/mol. The van der Waals surface area contributed by atoms with Gasteiger partial charge in [-0.2, -0.15) is 0 Å². The van der Waals surface area contributed by atoms with Crippen LogP contribution in [0.3, 0.4) is 0 Å². The predicted molar refractivity (Wildman–Crippen MR) is 125 cm³/mol. The Bertz CT molecular complexity index is 685. The van der Waals surface area contributed by atoms with Crippen molar-refractivity contribution in [2.45, 2.75) is 38.3 Å². The lowest BCUT2D eigenvalue weighted by Gasteiger charge is -2.37. The average molecular weight is 517 g/mol. The van der Waals surface area contributed by atoms with Crippen LogP contribution in [0.4, 0.5) is 4.39 Å². The molecule has 0 unspecified atom stereocenters. The molecule has 1 amide bonds. The van der Waals surface area contributed by atoms with Crippen LogP contribution in [0, 0.1) is 5.82 Å². The highest BCUT2D eigenvalue weighted by atomic mass is 127. The van der Waals surface area contributed by atoms with Crippen LogP contribution in [-0.2, 0) is 11.3 Å². The Morgan fingerprint density at radius 1 is 1.21 bits per heavy atom. The molecule has 8 heteroatoms. The molecule has 1 heterocycles. The first kappa shape index (κ1) is 23.9. The molecule has 0 radical (unpaired) electrons. The number of likely N-dealkylation sites (N-methyl/N-ethyl adjacent to an activating group) is 1. The first-order valence-corrected chi connectivity index (χ1v) is 10.2. The number of nitrogens with zero attached hydrogens (tertiary/aromatic N) is 4. The number of nitrogens with one attached hydrogen (secondary N) is 1. The molecule has 3 rings (SSSR count). The van der Waals surface area contributed by atoms with Gasteiger partial charge in [-0.15, -0.1) is 24.0 Å². The highest BCUT2D eigenvalue weighted by Gasteiger charge is 2.23. The van der Waals surface area contributed by atoms with Gasteiger partial charge in [-0.25, -0.2) is 9.38 Å². The zero-order valence-electron chi connectivity index (χ0n) is 17.4. The maximum atomic E-state index is 13.4. The predicted octanol–water partition coefficient (Wildman–Crippen LogP) is 2.54. The zero-order valence-corrected chi connectivity index (χ0v) is 19.8. The number of guanidine groups is 1. The van der Waals surface area contributed by atoms with Crippen LogP contribution in [0.25, 0.3) is 0 Å². The summed E-state index contributed by atoms with van der Waals surface area (Å²) < 4.78 is 13.4. The third-order valence-electron chi connectivity index (χ3n) is 5.52. The number of hydrogen-bond acceptors (Lipinski definition) is 3. The molecule has 0 aromatic heterocycles. The summed E-state index contributed by atoms with van der Waals surface area (Å²) in [7, 11) is 3.51. The highest BCUT2D eigenvalue weighted by molar-refractivity contribution is 14.0. The number of benzene rings is 1. The van der Waals surface area contributed by atoms with Crippen LogP contribution in [0.15, 0.2) is 29.3 Å². The summed E-state index contributed by atoms with van der Waals surface area (Å²) in [5.74, 6) is 0.680. The van der Waals surface area contributed by atoms with E-state index in [1.54, 1.807) is 31.1 Å². The molecule has 29 heavy (non-hydrogen) atoms. The molecular weight excluding hydrogens is 484 g/mol. The molecule has 1 aliphatic heterocycles. The lowest BCUT2D eigenvalue weighted by atomic mass is 10.2. The van der Waals surface area contributed by atoms with Crippen LogP contribution in [0.1, 0.15) is 31.2 Å². The standard InChI is InChI=1S/C21H32FN5O.HI/c1-25(2)20(28)15-23-21(24-19-8-3-4-9-19)27-12-10-26(11-13-27)16-17-6-5-7-18(22)14-17;/h5-7,14,19H,3-4,8-13,15-16H2,1-2H3,(H,23,24);1H. The van der Waals surface area contributed by atoms with Crippen LogP contribution in [0.2, 0.25) is 0 Å². The first-order chi connectivity index (χ1) is 13.5. The van der Waals surface area contributed by atoms with Gasteiger partial charge in [0.2, 0.25) is 5.91 Å². The van der Waals surface area contributed by atoms with E-state index < -0.39 is 0 Å². The van der Waals surface area contributed by atoms with Crippen molar-refractivity contribution < 1.29 is 9.18 Å². The van der Waals surface area contributed by atoms with Crippen molar-refractivity contribution in [3.05, 3.63) is 35.6 Å². The lowest BCUT2D eigenvalue weighted by molar-refractivity contribution is -0.127. The molecule has 0 atom stereocenters. The number of rotatable bonds is 5. The molecule has 0 bridgehead atoms. The topological polar surface area (TPSA) is 51.2 Å². The Labute approximate surface area is 190 Å². The van der Waals surface area contributed by atoms with Crippen LogP contribution >= 0.6 is 24.0 Å². The number of aliphatic imine (C=N–C) groups is 1. The van der Waals surface area contributed by atoms with E-state index in [0.29, 0.717) is 6.04 Å². The number of hydrogen-bond donors (Lipinski definition) is 1. The Hall–Kier alpha value is -1.42. The largest absolute Gasteiger partial charge is 0.353 e. The zero-order chi connectivity index (χ0) is 19.9. The van der Waals surface area contributed by atoms with Gasteiger partial charge in [0, 0.05) is 52.9 Å². The summed E-state index contributed by atoms with van der Waals surface area (Å²) in [5, 5.41) is 3.59. The Morgan fingerprint density at radius 2 is 1.90 bits per heavy atom. The first-order valence-electron chi connectivity index (χ1n) is 10.2. The molecule has 162 valence electrons. The van der Waals surface area contributed by atoms with Gasteiger partial charge in [0.25, 0.3) is 0 Å². The second kappa shape index (κ2) is 11.7. The minimum atomic E-state index is -0.183. The molecule has 6 nitrogen and oxygen atoms in total. The molecule has 0 spiro atoms. The quantitative estimate of drug-likeness (QED) is 0.371.